The second-order valence-corrected chi connectivity index (χ2v) is 9.99. The van der Waals surface area contributed by atoms with Crippen LogP contribution in [0.5, 0.6) is 0 Å². The van der Waals surface area contributed by atoms with Crippen LogP contribution in [0.4, 0.5) is 11.4 Å². The van der Waals surface area contributed by atoms with Crippen LogP contribution in [-0.2, 0) is 5.41 Å². The van der Waals surface area contributed by atoms with Crippen molar-refractivity contribution < 1.29 is 0 Å². The second kappa shape index (κ2) is 9.32. The van der Waals surface area contributed by atoms with Gasteiger partial charge in [-0.05, 0) is 93.8 Å². The zero-order valence-corrected chi connectivity index (χ0v) is 21.1. The Morgan fingerprint density at radius 1 is 0.579 bits per heavy atom. The van der Waals surface area contributed by atoms with Crippen molar-refractivity contribution >= 4 is 16.9 Å². The molecule has 0 spiro atoms. The fourth-order valence-corrected chi connectivity index (χ4v) is 6.22. The smallest absolute Gasteiger partial charge is 0.0711 e. The highest BCUT2D eigenvalue weighted by molar-refractivity contribution is 5.95. The molecule has 0 bridgehead atoms. The van der Waals surface area contributed by atoms with Gasteiger partial charge in [0.05, 0.1) is 5.41 Å². The summed E-state index contributed by atoms with van der Waals surface area (Å²) in [5.74, 6) is 0. The number of fused-ring (bicyclic) bond motifs is 3. The van der Waals surface area contributed by atoms with Gasteiger partial charge in [-0.1, -0.05) is 91.0 Å². The van der Waals surface area contributed by atoms with E-state index in [-0.39, 0.29) is 5.41 Å². The summed E-state index contributed by atoms with van der Waals surface area (Å²) in [5, 5.41) is 3.68. The van der Waals surface area contributed by atoms with Gasteiger partial charge < -0.3 is 5.32 Å². The molecule has 0 amide bonds. The predicted octanol–water partition coefficient (Wildman–Crippen LogP) is 8.94. The van der Waals surface area contributed by atoms with E-state index >= 15 is 0 Å². The Hall–Kier alpha value is -4.69. The summed E-state index contributed by atoms with van der Waals surface area (Å²) in [6.07, 6.45) is 10.7. The molecule has 0 fully saturated rings. The highest BCUT2D eigenvalue weighted by Crippen LogP contribution is 2.58. The van der Waals surface area contributed by atoms with Gasteiger partial charge in [0.2, 0.25) is 0 Å². The van der Waals surface area contributed by atoms with E-state index in [9.17, 15) is 0 Å². The number of nitrogens with zero attached hydrogens (tertiary/aromatic N) is 1. The van der Waals surface area contributed by atoms with Crippen LogP contribution in [0.1, 0.15) is 35.1 Å². The van der Waals surface area contributed by atoms with Crippen molar-refractivity contribution in [3.05, 3.63) is 168 Å². The highest BCUT2D eigenvalue weighted by Gasteiger charge is 2.48. The Labute approximate surface area is 224 Å². The Morgan fingerprint density at radius 3 is 1.87 bits per heavy atom. The molecule has 5 aromatic rings. The molecule has 7 rings (SSSR count). The average molecular weight is 489 g/mol. The molecule has 4 aromatic carbocycles. The maximum absolute atomic E-state index is 4.13. The van der Waals surface area contributed by atoms with E-state index < -0.39 is 0 Å². The molecule has 182 valence electrons. The van der Waals surface area contributed by atoms with Crippen LogP contribution in [-0.4, -0.2) is 4.98 Å². The summed E-state index contributed by atoms with van der Waals surface area (Å²) in [5.41, 5.74) is 12.3. The molecule has 1 N–H and O–H groups in total. The Morgan fingerprint density at radius 2 is 1.18 bits per heavy atom. The molecule has 0 saturated carbocycles. The van der Waals surface area contributed by atoms with E-state index in [0.29, 0.717) is 0 Å². The number of nitrogens with one attached hydrogen (secondary N) is 1. The Balaban J connectivity index is 1.36. The number of benzene rings is 4. The molecular formula is C36H28N2. The molecule has 0 radical (unpaired) electrons. The molecule has 2 heteroatoms. The summed E-state index contributed by atoms with van der Waals surface area (Å²) in [6.45, 7) is 0. The number of allylic oxidation sites excluding steroid dienone is 4. The normalized spacial score (nSPS) is 15.2. The third-order valence-corrected chi connectivity index (χ3v) is 7.87. The van der Waals surface area contributed by atoms with Gasteiger partial charge in [-0.2, -0.15) is 0 Å². The molecular weight excluding hydrogens is 460 g/mol. The fourth-order valence-electron chi connectivity index (χ4n) is 6.22. The number of hydrogen-bond donors (Lipinski definition) is 1. The van der Waals surface area contributed by atoms with Crippen molar-refractivity contribution in [1.82, 2.24) is 4.98 Å². The third kappa shape index (κ3) is 3.61. The fraction of sp³-hybridized carbons (Fsp3) is 0.0833. The zero-order valence-electron chi connectivity index (χ0n) is 21.1. The van der Waals surface area contributed by atoms with Gasteiger partial charge in [-0.25, -0.2) is 0 Å². The van der Waals surface area contributed by atoms with Gasteiger partial charge in [0.25, 0.3) is 0 Å². The van der Waals surface area contributed by atoms with Crippen molar-refractivity contribution in [2.75, 3.05) is 5.32 Å². The van der Waals surface area contributed by atoms with Crippen LogP contribution in [0.2, 0.25) is 0 Å². The Kier molecular flexibility index (Phi) is 5.52. The SMILES string of the molecule is C1=C2C(=CCC1)C(c1ccccc1)(c1ccccc1)c1cc(Nc3ccc(-c4ccncc4)cc3)ccc12. The van der Waals surface area contributed by atoms with Gasteiger partial charge in [0, 0.05) is 23.8 Å². The van der Waals surface area contributed by atoms with E-state index in [1.807, 2.05) is 24.5 Å². The van der Waals surface area contributed by atoms with Gasteiger partial charge in [-0.3, -0.25) is 4.98 Å². The molecule has 38 heavy (non-hydrogen) atoms. The summed E-state index contributed by atoms with van der Waals surface area (Å²) >= 11 is 0. The van der Waals surface area contributed by atoms with Crippen LogP contribution in [0.25, 0.3) is 16.7 Å². The van der Waals surface area contributed by atoms with E-state index in [1.165, 1.54) is 44.5 Å². The van der Waals surface area contributed by atoms with Crippen molar-refractivity contribution in [2.45, 2.75) is 18.3 Å². The summed E-state index contributed by atoms with van der Waals surface area (Å²) < 4.78 is 0. The summed E-state index contributed by atoms with van der Waals surface area (Å²) in [7, 11) is 0. The van der Waals surface area contributed by atoms with E-state index in [4.69, 9.17) is 0 Å². The van der Waals surface area contributed by atoms with E-state index in [1.54, 1.807) is 0 Å². The van der Waals surface area contributed by atoms with Gasteiger partial charge in [-0.15, -0.1) is 0 Å². The highest BCUT2D eigenvalue weighted by atomic mass is 14.9. The topological polar surface area (TPSA) is 24.9 Å². The quantitative estimate of drug-likeness (QED) is 0.267. The standard InChI is InChI=1S/C36H28N2/c1-3-9-28(10-4-1)36(29-11-5-2-6-12-29)34-14-8-7-13-32(34)33-20-19-31(25-35(33)36)38-30-17-15-26(16-18-30)27-21-23-37-24-22-27/h1-6,9-25,38H,7-8H2. The van der Waals surface area contributed by atoms with Crippen LogP contribution in [0, 0.1) is 0 Å². The summed E-state index contributed by atoms with van der Waals surface area (Å²) in [4.78, 5) is 4.13. The first-order chi connectivity index (χ1) is 18.8. The first kappa shape index (κ1) is 22.5. The minimum Gasteiger partial charge on any atom is -0.356 e. The van der Waals surface area contributed by atoms with Gasteiger partial charge in [0.1, 0.15) is 0 Å². The van der Waals surface area contributed by atoms with Gasteiger partial charge >= 0.3 is 0 Å². The molecule has 0 unspecified atom stereocenters. The Bertz CT molecular complexity index is 1610. The van der Waals surface area contributed by atoms with Gasteiger partial charge in [0.15, 0.2) is 0 Å². The first-order valence-corrected chi connectivity index (χ1v) is 13.3. The molecule has 2 aliphatic rings. The predicted molar refractivity (Wildman–Crippen MR) is 157 cm³/mol. The lowest BCUT2D eigenvalue weighted by Crippen LogP contribution is -2.29. The van der Waals surface area contributed by atoms with Crippen LogP contribution in [0.15, 0.2) is 145 Å². The van der Waals surface area contributed by atoms with E-state index in [2.05, 4.69) is 126 Å². The van der Waals surface area contributed by atoms with Crippen molar-refractivity contribution in [2.24, 2.45) is 0 Å². The van der Waals surface area contributed by atoms with Crippen LogP contribution < -0.4 is 5.32 Å². The minimum absolute atomic E-state index is 0.340. The number of hydrogen-bond acceptors (Lipinski definition) is 2. The lowest BCUT2D eigenvalue weighted by Gasteiger charge is -2.35. The van der Waals surface area contributed by atoms with Crippen molar-refractivity contribution in [3.63, 3.8) is 0 Å². The maximum Gasteiger partial charge on any atom is 0.0711 e. The maximum atomic E-state index is 4.13. The molecule has 0 aliphatic heterocycles. The minimum atomic E-state index is -0.340. The lowest BCUT2D eigenvalue weighted by molar-refractivity contribution is 0.759. The molecule has 0 saturated heterocycles. The molecule has 1 aromatic heterocycles. The van der Waals surface area contributed by atoms with Crippen molar-refractivity contribution in [1.29, 1.82) is 0 Å². The van der Waals surface area contributed by atoms with Crippen LogP contribution >= 0.6 is 0 Å². The largest absolute Gasteiger partial charge is 0.356 e. The number of pyridine rings is 1. The van der Waals surface area contributed by atoms with Crippen LogP contribution in [0.3, 0.4) is 0 Å². The third-order valence-electron chi connectivity index (χ3n) is 7.87. The number of aromatic nitrogens is 1. The monoisotopic (exact) mass is 488 g/mol. The average Bonchev–Trinajstić information content (AvgIpc) is 3.29. The second-order valence-electron chi connectivity index (χ2n) is 9.99. The number of anilines is 2. The van der Waals surface area contributed by atoms with E-state index in [0.717, 1.165) is 24.2 Å². The summed E-state index contributed by atoms with van der Waals surface area (Å²) in [6, 6.07) is 41.6. The van der Waals surface area contributed by atoms with Crippen molar-refractivity contribution in [3.8, 4) is 11.1 Å². The lowest BCUT2D eigenvalue weighted by atomic mass is 9.67. The molecule has 2 aliphatic carbocycles. The number of rotatable bonds is 5. The molecule has 1 heterocycles. The molecule has 0 atom stereocenters. The molecule has 2 nitrogen and oxygen atoms in total. The zero-order chi connectivity index (χ0) is 25.4. The first-order valence-electron chi connectivity index (χ1n) is 13.3.